The number of ether oxygens (including phenoxy) is 1. The molecule has 1 aliphatic heterocycles. The molecule has 0 bridgehead atoms. The molecule has 0 unspecified atom stereocenters. The Hall–Kier alpha value is -1.14. The molecule has 1 aromatic heterocycles. The average molecular weight is 241 g/mol. The highest BCUT2D eigenvalue weighted by molar-refractivity contribution is 7.17. The van der Waals surface area contributed by atoms with Crippen molar-refractivity contribution in [3.63, 3.8) is 0 Å². The van der Waals surface area contributed by atoms with E-state index in [1.165, 1.54) is 11.3 Å². The largest absolute Gasteiger partial charge is 0.380 e. The summed E-state index contributed by atoms with van der Waals surface area (Å²) in [5, 5.41) is 3.32. The third-order valence-electron chi connectivity index (χ3n) is 2.60. The number of nitrogens with two attached hydrogens (primary N) is 1. The van der Waals surface area contributed by atoms with Gasteiger partial charge in [-0.05, 0) is 6.92 Å². The van der Waals surface area contributed by atoms with Crippen molar-refractivity contribution in [2.45, 2.75) is 13.8 Å². The normalized spacial score (nSPS) is 17.9. The highest BCUT2D eigenvalue weighted by Gasteiger charge is 2.33. The zero-order chi connectivity index (χ0) is 11.8. The molecule has 0 aromatic carbocycles. The van der Waals surface area contributed by atoms with Crippen LogP contribution in [0.1, 0.15) is 22.3 Å². The maximum absolute atomic E-state index is 11.8. The number of rotatable bonds is 3. The number of carbonyl (C=O) groups excluding carboxylic acids is 1. The summed E-state index contributed by atoms with van der Waals surface area (Å²) in [7, 11) is 0. The smallest absolute Gasteiger partial charge is 0.263 e. The van der Waals surface area contributed by atoms with Crippen LogP contribution in [0, 0.1) is 12.3 Å². The van der Waals surface area contributed by atoms with Gasteiger partial charge in [0.05, 0.1) is 18.9 Å². The minimum Gasteiger partial charge on any atom is -0.380 e. The van der Waals surface area contributed by atoms with Crippen molar-refractivity contribution in [2.75, 3.05) is 25.5 Å². The Bertz CT molecular complexity index is 412. The monoisotopic (exact) mass is 241 g/mol. The number of aryl methyl sites for hydroxylation is 1. The molecule has 1 aliphatic rings. The first-order chi connectivity index (χ1) is 7.50. The SMILES string of the molecule is Cc1nc(N)sc1C(=O)NCC1(C)COC1. The summed E-state index contributed by atoms with van der Waals surface area (Å²) in [6.45, 7) is 5.91. The zero-order valence-corrected chi connectivity index (χ0v) is 10.2. The molecule has 1 saturated heterocycles. The molecular formula is C10H15N3O2S. The van der Waals surface area contributed by atoms with E-state index in [4.69, 9.17) is 10.5 Å². The highest BCUT2D eigenvalue weighted by atomic mass is 32.1. The van der Waals surface area contributed by atoms with Gasteiger partial charge in [0.1, 0.15) is 4.88 Å². The molecule has 1 amide bonds. The Morgan fingerprint density at radius 2 is 2.38 bits per heavy atom. The fraction of sp³-hybridized carbons (Fsp3) is 0.600. The topological polar surface area (TPSA) is 77.2 Å². The Kier molecular flexibility index (Phi) is 2.86. The van der Waals surface area contributed by atoms with E-state index in [-0.39, 0.29) is 11.3 Å². The third kappa shape index (κ3) is 2.17. The van der Waals surface area contributed by atoms with Gasteiger partial charge in [-0.15, -0.1) is 0 Å². The Morgan fingerprint density at radius 3 is 2.81 bits per heavy atom. The van der Waals surface area contributed by atoms with E-state index in [2.05, 4.69) is 17.2 Å². The molecule has 2 heterocycles. The van der Waals surface area contributed by atoms with Gasteiger partial charge >= 0.3 is 0 Å². The second-order valence-electron chi connectivity index (χ2n) is 4.45. The predicted molar refractivity (Wildman–Crippen MR) is 62.5 cm³/mol. The minimum absolute atomic E-state index is 0.0831. The van der Waals surface area contributed by atoms with Crippen LogP contribution in [0.4, 0.5) is 5.13 Å². The highest BCUT2D eigenvalue weighted by Crippen LogP contribution is 2.26. The molecule has 6 heteroatoms. The quantitative estimate of drug-likeness (QED) is 0.820. The zero-order valence-electron chi connectivity index (χ0n) is 9.37. The molecule has 5 nitrogen and oxygen atoms in total. The van der Waals surface area contributed by atoms with E-state index < -0.39 is 0 Å². The number of aromatic nitrogens is 1. The Morgan fingerprint density at radius 1 is 1.69 bits per heavy atom. The number of nitrogen functional groups attached to an aromatic ring is 1. The van der Waals surface area contributed by atoms with E-state index in [1.807, 2.05) is 0 Å². The van der Waals surface area contributed by atoms with Crippen molar-refractivity contribution in [3.05, 3.63) is 10.6 Å². The molecule has 3 N–H and O–H groups in total. The number of hydrogen-bond donors (Lipinski definition) is 2. The maximum Gasteiger partial charge on any atom is 0.263 e. The molecule has 0 radical (unpaired) electrons. The van der Waals surface area contributed by atoms with Crippen molar-refractivity contribution >= 4 is 22.4 Å². The molecule has 0 saturated carbocycles. The van der Waals surface area contributed by atoms with Crippen LogP contribution in [-0.4, -0.2) is 30.6 Å². The van der Waals surface area contributed by atoms with Gasteiger partial charge in [0, 0.05) is 12.0 Å². The summed E-state index contributed by atoms with van der Waals surface area (Å²) in [5.41, 5.74) is 6.32. The van der Waals surface area contributed by atoms with Crippen molar-refractivity contribution in [2.24, 2.45) is 5.41 Å². The molecule has 1 fully saturated rings. The van der Waals surface area contributed by atoms with Crippen molar-refractivity contribution in [1.29, 1.82) is 0 Å². The number of hydrogen-bond acceptors (Lipinski definition) is 5. The van der Waals surface area contributed by atoms with Gasteiger partial charge in [0.25, 0.3) is 5.91 Å². The second-order valence-corrected chi connectivity index (χ2v) is 5.48. The van der Waals surface area contributed by atoms with Gasteiger partial charge in [0.15, 0.2) is 5.13 Å². The Labute approximate surface area is 98.0 Å². The van der Waals surface area contributed by atoms with E-state index >= 15 is 0 Å². The van der Waals surface area contributed by atoms with E-state index in [0.29, 0.717) is 35.5 Å². The standard InChI is InChI=1S/C10H15N3O2S/c1-6-7(16-9(11)13-6)8(14)12-3-10(2)4-15-5-10/h3-5H2,1-2H3,(H2,11,13)(H,12,14). The molecule has 0 atom stereocenters. The van der Waals surface area contributed by atoms with Crippen molar-refractivity contribution in [1.82, 2.24) is 10.3 Å². The van der Waals surface area contributed by atoms with Crippen LogP contribution >= 0.6 is 11.3 Å². The second kappa shape index (κ2) is 4.03. The summed E-state index contributed by atoms with van der Waals surface area (Å²) < 4.78 is 5.12. The van der Waals surface area contributed by atoms with E-state index in [9.17, 15) is 4.79 Å². The van der Waals surface area contributed by atoms with Gasteiger partial charge in [-0.25, -0.2) is 4.98 Å². The first-order valence-electron chi connectivity index (χ1n) is 5.09. The lowest BCUT2D eigenvalue weighted by molar-refractivity contribution is -0.0978. The molecule has 0 spiro atoms. The van der Waals surface area contributed by atoms with Crippen LogP contribution in [0.5, 0.6) is 0 Å². The lowest BCUT2D eigenvalue weighted by Gasteiger charge is -2.37. The molecule has 0 aliphatic carbocycles. The summed E-state index contributed by atoms with van der Waals surface area (Å²) in [6, 6.07) is 0. The van der Waals surface area contributed by atoms with Gasteiger partial charge in [-0.3, -0.25) is 4.79 Å². The number of thiazole rings is 1. The van der Waals surface area contributed by atoms with Crippen LogP contribution in [-0.2, 0) is 4.74 Å². The number of carbonyl (C=O) groups is 1. The van der Waals surface area contributed by atoms with Crippen LogP contribution in [0.2, 0.25) is 0 Å². The minimum atomic E-state index is -0.0974. The fourth-order valence-corrected chi connectivity index (χ4v) is 2.30. The van der Waals surface area contributed by atoms with Crippen LogP contribution in [0.25, 0.3) is 0 Å². The lowest BCUT2D eigenvalue weighted by atomic mass is 9.89. The third-order valence-corrected chi connectivity index (χ3v) is 3.58. The van der Waals surface area contributed by atoms with Gasteiger partial charge < -0.3 is 15.8 Å². The Balaban J connectivity index is 1.95. The number of amides is 1. The number of anilines is 1. The van der Waals surface area contributed by atoms with E-state index in [1.54, 1.807) is 6.92 Å². The van der Waals surface area contributed by atoms with Crippen molar-refractivity contribution in [3.8, 4) is 0 Å². The number of nitrogens with one attached hydrogen (secondary N) is 1. The van der Waals surface area contributed by atoms with Gasteiger partial charge in [-0.1, -0.05) is 18.3 Å². The molecule has 2 rings (SSSR count). The van der Waals surface area contributed by atoms with Crippen LogP contribution < -0.4 is 11.1 Å². The van der Waals surface area contributed by atoms with Gasteiger partial charge in [0.2, 0.25) is 0 Å². The van der Waals surface area contributed by atoms with Gasteiger partial charge in [-0.2, -0.15) is 0 Å². The molecule has 88 valence electrons. The lowest BCUT2D eigenvalue weighted by Crippen LogP contribution is -2.48. The first kappa shape index (κ1) is 11.3. The van der Waals surface area contributed by atoms with Crippen molar-refractivity contribution < 1.29 is 9.53 Å². The number of nitrogens with zero attached hydrogens (tertiary/aromatic N) is 1. The average Bonchev–Trinajstić information content (AvgIpc) is 2.51. The van der Waals surface area contributed by atoms with Crippen LogP contribution in [0.3, 0.4) is 0 Å². The predicted octanol–water partition coefficient (Wildman–Crippen LogP) is 0.800. The molecular weight excluding hydrogens is 226 g/mol. The van der Waals surface area contributed by atoms with Crippen LogP contribution in [0.15, 0.2) is 0 Å². The summed E-state index contributed by atoms with van der Waals surface area (Å²) in [5.74, 6) is -0.0974. The fourth-order valence-electron chi connectivity index (χ4n) is 1.55. The summed E-state index contributed by atoms with van der Waals surface area (Å²) in [6.07, 6.45) is 0. The summed E-state index contributed by atoms with van der Waals surface area (Å²) in [4.78, 5) is 16.4. The maximum atomic E-state index is 11.8. The molecule has 1 aromatic rings. The summed E-state index contributed by atoms with van der Waals surface area (Å²) >= 11 is 1.22. The van der Waals surface area contributed by atoms with E-state index in [0.717, 1.165) is 0 Å². The first-order valence-corrected chi connectivity index (χ1v) is 5.91. The molecule has 16 heavy (non-hydrogen) atoms.